The quantitative estimate of drug-likeness (QED) is 0.338. The average Bonchev–Trinajstić information content (AvgIpc) is 3.21. The van der Waals surface area contributed by atoms with E-state index in [0.29, 0.717) is 5.75 Å². The molecule has 0 saturated heterocycles. The van der Waals surface area contributed by atoms with Crippen LogP contribution in [0, 0.1) is 5.82 Å². The molecule has 1 aromatic heterocycles. The number of amides is 1. The molecule has 1 unspecified atom stereocenters. The van der Waals surface area contributed by atoms with Crippen LogP contribution in [0.25, 0.3) is 16.6 Å². The Hall–Kier alpha value is -3.45. The van der Waals surface area contributed by atoms with Crippen molar-refractivity contribution in [2.24, 2.45) is 0 Å². The second-order valence-electron chi connectivity index (χ2n) is 7.30. The van der Waals surface area contributed by atoms with Crippen LogP contribution in [0.15, 0.2) is 79.0 Å². The SMILES string of the molecule is C.C[C@H](NC(=O)C(F)Cl)[C@H](Oc1ccc2c(cnn2-c2ccc(F)cc2)c1)c1ccccc1. The highest BCUT2D eigenvalue weighted by Gasteiger charge is 2.25. The van der Waals surface area contributed by atoms with E-state index in [9.17, 15) is 13.6 Å². The molecule has 0 radical (unpaired) electrons. The van der Waals surface area contributed by atoms with Gasteiger partial charge < -0.3 is 10.1 Å². The van der Waals surface area contributed by atoms with Crippen LogP contribution in [-0.2, 0) is 4.79 Å². The Morgan fingerprint density at radius 2 is 1.79 bits per heavy atom. The number of benzene rings is 3. The number of hydrogen-bond donors (Lipinski definition) is 1. The summed E-state index contributed by atoms with van der Waals surface area (Å²) in [6.07, 6.45) is 1.11. The molecule has 3 aromatic carbocycles. The summed E-state index contributed by atoms with van der Waals surface area (Å²) in [5.74, 6) is -0.684. The maximum absolute atomic E-state index is 13.2. The van der Waals surface area contributed by atoms with Gasteiger partial charge in [0.05, 0.1) is 23.4 Å². The van der Waals surface area contributed by atoms with E-state index in [2.05, 4.69) is 10.4 Å². The molecule has 4 aromatic rings. The fraction of sp³-hybridized carbons (Fsp3) is 0.200. The van der Waals surface area contributed by atoms with Crippen LogP contribution in [0.4, 0.5) is 8.78 Å². The zero-order valence-electron chi connectivity index (χ0n) is 17.1. The molecule has 0 saturated carbocycles. The minimum Gasteiger partial charge on any atom is -0.484 e. The minimum absolute atomic E-state index is 0. The van der Waals surface area contributed by atoms with E-state index in [1.165, 1.54) is 12.1 Å². The molecule has 0 fully saturated rings. The first-order chi connectivity index (χ1) is 15.4. The molecule has 0 aliphatic rings. The highest BCUT2D eigenvalue weighted by atomic mass is 35.5. The third-order valence-corrected chi connectivity index (χ3v) is 5.22. The first-order valence-electron chi connectivity index (χ1n) is 9.96. The van der Waals surface area contributed by atoms with Crippen molar-refractivity contribution in [3.05, 3.63) is 90.4 Å². The normalized spacial score (nSPS) is 13.6. The molecule has 8 heteroatoms. The van der Waals surface area contributed by atoms with Gasteiger partial charge >= 0.3 is 0 Å². The largest absolute Gasteiger partial charge is 0.484 e. The lowest BCUT2D eigenvalue weighted by atomic mass is 10.0. The number of rotatable bonds is 7. The number of carbonyl (C=O) groups excluding carboxylic acids is 1. The Balaban J connectivity index is 0.00000306. The molecule has 0 aliphatic carbocycles. The molecular formula is C25H24ClF2N3O2. The smallest absolute Gasteiger partial charge is 0.270 e. The molecule has 5 nitrogen and oxygen atoms in total. The summed E-state index contributed by atoms with van der Waals surface area (Å²) in [7, 11) is 0. The summed E-state index contributed by atoms with van der Waals surface area (Å²) in [5, 5.41) is 7.76. The first kappa shape index (κ1) is 24.2. The highest BCUT2D eigenvalue weighted by molar-refractivity contribution is 6.29. The topological polar surface area (TPSA) is 56.1 Å². The van der Waals surface area contributed by atoms with Crippen LogP contribution in [0.2, 0.25) is 0 Å². The lowest BCUT2D eigenvalue weighted by Crippen LogP contribution is -2.41. The van der Waals surface area contributed by atoms with Gasteiger partial charge in [0.2, 0.25) is 0 Å². The maximum atomic E-state index is 13.2. The van der Waals surface area contributed by atoms with Crippen LogP contribution < -0.4 is 10.1 Å². The van der Waals surface area contributed by atoms with Crippen molar-refractivity contribution in [1.82, 2.24) is 15.1 Å². The average molecular weight is 472 g/mol. The number of nitrogens with zero attached hydrogens (tertiary/aromatic N) is 2. The van der Waals surface area contributed by atoms with Gasteiger partial charge in [-0.2, -0.15) is 5.10 Å². The van der Waals surface area contributed by atoms with Crippen LogP contribution in [0.3, 0.4) is 0 Å². The van der Waals surface area contributed by atoms with E-state index >= 15 is 0 Å². The Morgan fingerprint density at radius 3 is 2.45 bits per heavy atom. The summed E-state index contributed by atoms with van der Waals surface area (Å²) in [5.41, 5.74) is 0.231. The summed E-state index contributed by atoms with van der Waals surface area (Å²) >= 11 is 5.26. The van der Waals surface area contributed by atoms with Crippen LogP contribution >= 0.6 is 11.6 Å². The number of halogens is 3. The molecule has 0 bridgehead atoms. The highest BCUT2D eigenvalue weighted by Crippen LogP contribution is 2.29. The van der Waals surface area contributed by atoms with E-state index < -0.39 is 23.7 Å². The third-order valence-electron chi connectivity index (χ3n) is 5.02. The van der Waals surface area contributed by atoms with Crippen molar-refractivity contribution in [3.63, 3.8) is 0 Å². The van der Waals surface area contributed by atoms with Gasteiger partial charge in [0.15, 0.2) is 0 Å². The van der Waals surface area contributed by atoms with Crippen molar-refractivity contribution in [1.29, 1.82) is 0 Å². The summed E-state index contributed by atoms with van der Waals surface area (Å²) in [6.45, 7) is 1.72. The molecule has 0 spiro atoms. The number of ether oxygens (including phenoxy) is 1. The fourth-order valence-corrected chi connectivity index (χ4v) is 3.55. The number of nitrogens with one attached hydrogen (secondary N) is 1. The van der Waals surface area contributed by atoms with Crippen LogP contribution in [-0.4, -0.2) is 27.4 Å². The molecule has 0 aliphatic heterocycles. The lowest BCUT2D eigenvalue weighted by Gasteiger charge is -2.26. The molecule has 33 heavy (non-hydrogen) atoms. The standard InChI is InChI=1S/C24H20ClF2N3O2.CH4/c1-15(29-24(31)23(25)27)22(16-5-3-2-4-6-16)32-20-11-12-21-17(13-20)14-28-30(21)19-9-7-18(26)8-10-19;/h2-15,22-23H,1H3,(H,29,31);1H4/t15-,22-,23?;/m0./s1. The Kier molecular flexibility index (Phi) is 7.66. The van der Waals surface area contributed by atoms with E-state index in [4.69, 9.17) is 16.3 Å². The van der Waals surface area contributed by atoms with Crippen molar-refractivity contribution >= 4 is 28.4 Å². The molecule has 1 heterocycles. The number of aromatic nitrogens is 2. The third kappa shape index (κ3) is 5.49. The van der Waals surface area contributed by atoms with Crippen molar-refractivity contribution < 1.29 is 18.3 Å². The van der Waals surface area contributed by atoms with Gasteiger partial charge in [-0.15, -0.1) is 0 Å². The monoisotopic (exact) mass is 471 g/mol. The van der Waals surface area contributed by atoms with Crippen molar-refractivity contribution in [3.8, 4) is 11.4 Å². The minimum atomic E-state index is -2.14. The molecule has 3 atom stereocenters. The first-order valence-corrected chi connectivity index (χ1v) is 10.4. The van der Waals surface area contributed by atoms with Crippen molar-refractivity contribution in [2.45, 2.75) is 32.1 Å². The van der Waals surface area contributed by atoms with Gasteiger partial charge in [-0.25, -0.2) is 13.5 Å². The maximum Gasteiger partial charge on any atom is 0.270 e. The molecule has 172 valence electrons. The van der Waals surface area contributed by atoms with Gasteiger partial charge in [0.25, 0.3) is 11.5 Å². The zero-order valence-corrected chi connectivity index (χ0v) is 17.8. The predicted molar refractivity (Wildman–Crippen MR) is 126 cm³/mol. The van der Waals surface area contributed by atoms with E-state index in [1.807, 2.05) is 42.5 Å². The Bertz CT molecular complexity index is 1210. The lowest BCUT2D eigenvalue weighted by molar-refractivity contribution is -0.124. The number of carbonyl (C=O) groups is 1. The van der Waals surface area contributed by atoms with Gasteiger partial charge in [0, 0.05) is 5.39 Å². The molecular weight excluding hydrogens is 448 g/mol. The van der Waals surface area contributed by atoms with E-state index in [1.54, 1.807) is 36.0 Å². The number of fused-ring (bicyclic) bond motifs is 1. The summed E-state index contributed by atoms with van der Waals surface area (Å²) in [4.78, 5) is 11.8. The number of alkyl halides is 2. The summed E-state index contributed by atoms with van der Waals surface area (Å²) in [6, 6.07) is 20.3. The fourth-order valence-electron chi connectivity index (χ4n) is 3.48. The van der Waals surface area contributed by atoms with Crippen molar-refractivity contribution in [2.75, 3.05) is 0 Å². The Labute approximate surface area is 195 Å². The molecule has 1 N–H and O–H groups in total. The van der Waals surface area contributed by atoms with Crippen LogP contribution in [0.1, 0.15) is 26.0 Å². The Morgan fingerprint density at radius 1 is 1.09 bits per heavy atom. The second kappa shape index (κ2) is 10.4. The zero-order chi connectivity index (χ0) is 22.7. The summed E-state index contributed by atoms with van der Waals surface area (Å²) < 4.78 is 34.3. The van der Waals surface area contributed by atoms with Gasteiger partial charge in [-0.1, -0.05) is 49.4 Å². The molecule has 4 rings (SSSR count). The van der Waals surface area contributed by atoms with Crippen LogP contribution in [0.5, 0.6) is 5.75 Å². The van der Waals surface area contributed by atoms with Gasteiger partial charge in [-0.3, -0.25) is 4.79 Å². The predicted octanol–water partition coefficient (Wildman–Crippen LogP) is 5.96. The second-order valence-corrected chi connectivity index (χ2v) is 7.68. The number of hydrogen-bond acceptors (Lipinski definition) is 3. The van der Waals surface area contributed by atoms with Gasteiger partial charge in [0.1, 0.15) is 17.7 Å². The molecule has 1 amide bonds. The van der Waals surface area contributed by atoms with Gasteiger partial charge in [-0.05, 0) is 55.0 Å². The van der Waals surface area contributed by atoms with E-state index in [-0.39, 0.29) is 13.2 Å². The van der Waals surface area contributed by atoms with E-state index in [0.717, 1.165) is 22.2 Å².